The molecule has 0 aliphatic heterocycles. The summed E-state index contributed by atoms with van der Waals surface area (Å²) in [5.41, 5.74) is 1.77. The fraction of sp³-hybridized carbons (Fsp3) is 0.0714. The molecule has 1 aliphatic carbocycles. The van der Waals surface area contributed by atoms with Crippen molar-refractivity contribution in [1.29, 1.82) is 0 Å². The van der Waals surface area contributed by atoms with Gasteiger partial charge in [-0.3, -0.25) is 4.79 Å². The maximum absolute atomic E-state index is 12.2. The number of benzene rings is 2. The number of fused-ring (bicyclic) bond motifs is 2. The normalized spacial score (nSPS) is 19.1. The van der Waals surface area contributed by atoms with Crippen LogP contribution in [-0.2, 0) is 0 Å². The second-order valence-electron chi connectivity index (χ2n) is 4.04. The molecule has 3 rings (SSSR count). The summed E-state index contributed by atoms with van der Waals surface area (Å²) < 4.78 is 0.880. The fourth-order valence-electron chi connectivity index (χ4n) is 2.07. The van der Waals surface area contributed by atoms with E-state index in [0.29, 0.717) is 0 Å². The molecule has 3 heteroatoms. The van der Waals surface area contributed by atoms with Gasteiger partial charge in [-0.05, 0) is 34.5 Å². The van der Waals surface area contributed by atoms with Crippen molar-refractivity contribution in [3.05, 3.63) is 52.0 Å². The zero-order valence-corrected chi connectivity index (χ0v) is 12.0. The third kappa shape index (κ3) is 1.78. The van der Waals surface area contributed by atoms with Crippen molar-refractivity contribution in [2.45, 2.75) is 4.83 Å². The summed E-state index contributed by atoms with van der Waals surface area (Å²) in [4.78, 5) is 11.9. The zero-order chi connectivity index (χ0) is 12.0. The first-order valence-electron chi connectivity index (χ1n) is 5.25. The molecule has 0 N–H and O–H groups in total. The van der Waals surface area contributed by atoms with Crippen LogP contribution in [0.2, 0.25) is 0 Å². The number of ketones is 1. The van der Waals surface area contributed by atoms with Crippen LogP contribution < -0.4 is 0 Å². The molecule has 0 saturated heterocycles. The van der Waals surface area contributed by atoms with E-state index in [-0.39, 0.29) is 10.6 Å². The Bertz CT molecular complexity index is 658. The van der Waals surface area contributed by atoms with Gasteiger partial charge < -0.3 is 0 Å². The number of hydrogen-bond acceptors (Lipinski definition) is 1. The van der Waals surface area contributed by atoms with Gasteiger partial charge in [0.25, 0.3) is 0 Å². The number of carbonyl (C=O) groups excluding carboxylic acids is 1. The van der Waals surface area contributed by atoms with Crippen molar-refractivity contribution in [2.24, 2.45) is 0 Å². The Balaban J connectivity index is 2.34. The van der Waals surface area contributed by atoms with Crippen LogP contribution in [-0.4, -0.2) is 10.6 Å². The van der Waals surface area contributed by atoms with Crippen molar-refractivity contribution in [1.82, 2.24) is 0 Å². The molecule has 0 bridgehead atoms. The van der Waals surface area contributed by atoms with Crippen molar-refractivity contribution in [3.63, 3.8) is 0 Å². The predicted octanol–water partition coefficient (Wildman–Crippen LogP) is 4.54. The average molecular weight is 352 g/mol. The number of Topliss-reactive ketones (excluding diaryl/α,β-unsaturated/α-hetero) is 1. The molecule has 2 aromatic carbocycles. The van der Waals surface area contributed by atoms with Crippen molar-refractivity contribution in [2.75, 3.05) is 0 Å². The SMILES string of the molecule is O=C1c2cc3ccccc3cc2C=C(Br)C1Br. The standard InChI is InChI=1S/C14H8Br2O/c15-12-7-10-5-8-3-1-2-4-9(8)6-11(10)14(17)13(12)16/h1-7,13H. The van der Waals surface area contributed by atoms with Crippen LogP contribution >= 0.6 is 31.9 Å². The summed E-state index contributed by atoms with van der Waals surface area (Å²) >= 11 is 6.81. The Morgan fingerprint density at radius 1 is 1.06 bits per heavy atom. The van der Waals surface area contributed by atoms with Crippen molar-refractivity contribution < 1.29 is 4.79 Å². The van der Waals surface area contributed by atoms with Crippen molar-refractivity contribution in [3.8, 4) is 0 Å². The summed E-state index contributed by atoms with van der Waals surface area (Å²) in [6, 6.07) is 12.1. The van der Waals surface area contributed by atoms with Crippen LogP contribution in [0.1, 0.15) is 15.9 Å². The Labute approximate surface area is 116 Å². The maximum Gasteiger partial charge on any atom is 0.182 e. The first-order valence-corrected chi connectivity index (χ1v) is 6.96. The summed E-state index contributed by atoms with van der Waals surface area (Å²) in [6.07, 6.45) is 2.00. The molecule has 1 unspecified atom stereocenters. The lowest BCUT2D eigenvalue weighted by atomic mass is 9.93. The van der Waals surface area contributed by atoms with Crippen LogP contribution in [0.25, 0.3) is 16.8 Å². The molecule has 0 aromatic heterocycles. The molecule has 0 spiro atoms. The van der Waals surface area contributed by atoms with Gasteiger partial charge in [-0.2, -0.15) is 0 Å². The molecule has 2 aromatic rings. The molecular weight excluding hydrogens is 344 g/mol. The van der Waals surface area contributed by atoms with Crippen LogP contribution in [0.4, 0.5) is 0 Å². The molecule has 0 radical (unpaired) electrons. The van der Waals surface area contributed by atoms with Crippen LogP contribution in [0.15, 0.2) is 40.9 Å². The lowest BCUT2D eigenvalue weighted by Crippen LogP contribution is -2.19. The summed E-state index contributed by atoms with van der Waals surface area (Å²) in [7, 11) is 0. The highest BCUT2D eigenvalue weighted by Crippen LogP contribution is 2.34. The van der Waals surface area contributed by atoms with E-state index in [1.54, 1.807) is 0 Å². The first-order chi connectivity index (χ1) is 8.16. The number of alkyl halides is 1. The highest BCUT2D eigenvalue weighted by molar-refractivity contribution is 9.14. The molecule has 0 fully saturated rings. The second-order valence-corrected chi connectivity index (χ2v) is 5.87. The van der Waals surface area contributed by atoms with E-state index in [4.69, 9.17) is 0 Å². The Morgan fingerprint density at radius 3 is 2.41 bits per heavy atom. The lowest BCUT2D eigenvalue weighted by molar-refractivity contribution is 0.100. The minimum Gasteiger partial charge on any atom is -0.292 e. The number of hydrogen-bond donors (Lipinski definition) is 0. The highest BCUT2D eigenvalue weighted by atomic mass is 79.9. The zero-order valence-electron chi connectivity index (χ0n) is 8.78. The fourth-order valence-corrected chi connectivity index (χ4v) is 2.91. The molecule has 1 nitrogen and oxygen atoms in total. The van der Waals surface area contributed by atoms with Gasteiger partial charge in [-0.1, -0.05) is 56.1 Å². The van der Waals surface area contributed by atoms with Gasteiger partial charge in [0.2, 0.25) is 0 Å². The van der Waals surface area contributed by atoms with E-state index in [0.717, 1.165) is 26.4 Å². The molecular formula is C14H8Br2O. The largest absolute Gasteiger partial charge is 0.292 e. The minimum absolute atomic E-state index is 0.111. The van der Waals surface area contributed by atoms with E-state index in [1.807, 2.05) is 30.3 Å². The van der Waals surface area contributed by atoms with Crippen molar-refractivity contribution >= 4 is 54.5 Å². The van der Waals surface area contributed by atoms with Gasteiger partial charge in [0, 0.05) is 10.0 Å². The van der Waals surface area contributed by atoms with Gasteiger partial charge in [0.15, 0.2) is 5.78 Å². The minimum atomic E-state index is -0.254. The van der Waals surface area contributed by atoms with Gasteiger partial charge >= 0.3 is 0 Å². The highest BCUT2D eigenvalue weighted by Gasteiger charge is 2.26. The molecule has 0 saturated carbocycles. The topological polar surface area (TPSA) is 17.1 Å². The Hall–Kier alpha value is -0.930. The number of carbonyl (C=O) groups is 1. The van der Waals surface area contributed by atoms with Crippen LogP contribution in [0.3, 0.4) is 0 Å². The van der Waals surface area contributed by atoms with Crippen LogP contribution in [0.5, 0.6) is 0 Å². The monoisotopic (exact) mass is 350 g/mol. The number of rotatable bonds is 0. The van der Waals surface area contributed by atoms with E-state index in [9.17, 15) is 4.79 Å². The molecule has 17 heavy (non-hydrogen) atoms. The quantitative estimate of drug-likeness (QED) is 0.637. The molecule has 1 atom stereocenters. The maximum atomic E-state index is 12.2. The first kappa shape index (κ1) is 11.2. The van der Waals surface area contributed by atoms with E-state index >= 15 is 0 Å². The van der Waals surface area contributed by atoms with Gasteiger partial charge in [0.1, 0.15) is 4.83 Å². The number of halogens is 2. The average Bonchev–Trinajstić information content (AvgIpc) is 2.34. The summed E-state index contributed by atoms with van der Waals surface area (Å²) in [5, 5.41) is 2.26. The van der Waals surface area contributed by atoms with E-state index < -0.39 is 0 Å². The van der Waals surface area contributed by atoms with E-state index in [1.165, 1.54) is 0 Å². The van der Waals surface area contributed by atoms with Crippen LogP contribution in [0, 0.1) is 0 Å². The summed E-state index contributed by atoms with van der Waals surface area (Å²) in [5.74, 6) is 0.111. The van der Waals surface area contributed by atoms with Gasteiger partial charge in [-0.15, -0.1) is 0 Å². The Morgan fingerprint density at radius 2 is 1.71 bits per heavy atom. The molecule has 1 aliphatic rings. The molecule has 84 valence electrons. The molecule has 0 heterocycles. The van der Waals surface area contributed by atoms with E-state index in [2.05, 4.69) is 44.0 Å². The summed E-state index contributed by atoms with van der Waals surface area (Å²) in [6.45, 7) is 0. The third-order valence-electron chi connectivity index (χ3n) is 2.95. The second kappa shape index (κ2) is 4.07. The number of allylic oxidation sites excluding steroid dienone is 1. The van der Waals surface area contributed by atoms with Gasteiger partial charge in [-0.25, -0.2) is 0 Å². The van der Waals surface area contributed by atoms with Gasteiger partial charge in [0.05, 0.1) is 0 Å². The lowest BCUT2D eigenvalue weighted by Gasteiger charge is -2.17. The predicted molar refractivity (Wildman–Crippen MR) is 77.9 cm³/mol. The third-order valence-corrected chi connectivity index (χ3v) is 5.16. The smallest absolute Gasteiger partial charge is 0.182 e. The Kier molecular flexibility index (Phi) is 2.68. The molecule has 0 amide bonds.